The maximum Gasteiger partial charge on any atom is 0.246 e. The van der Waals surface area contributed by atoms with E-state index in [-0.39, 0.29) is 8.54 Å². The second-order valence-corrected chi connectivity index (χ2v) is 8.47. The SMILES string of the molecule is Cc1cc(Nc2ncn(-c3cc(F)cc(F)c3)n2)cc(NC2CC(N3CCOCC3)C2)c1.[HH].[HH]. The molecule has 2 N–H and O–H groups in total. The average Bonchev–Trinajstić information content (AvgIpc) is 3.18. The molecule has 2 fully saturated rings. The molecule has 2 aromatic carbocycles. The van der Waals surface area contributed by atoms with Gasteiger partial charge in [0.2, 0.25) is 5.95 Å². The predicted octanol–water partition coefficient (Wildman–Crippen LogP) is 4.36. The third-order valence-corrected chi connectivity index (χ3v) is 5.98. The normalized spacial score (nSPS) is 21.2. The first-order valence-corrected chi connectivity index (χ1v) is 10.9. The third kappa shape index (κ3) is 4.73. The summed E-state index contributed by atoms with van der Waals surface area (Å²) in [6.07, 6.45) is 3.69. The average molecular weight is 445 g/mol. The Bertz CT molecular complexity index is 1080. The summed E-state index contributed by atoms with van der Waals surface area (Å²) in [5.74, 6) is -0.972. The number of anilines is 3. The van der Waals surface area contributed by atoms with E-state index in [9.17, 15) is 8.78 Å². The summed E-state index contributed by atoms with van der Waals surface area (Å²) >= 11 is 0. The van der Waals surface area contributed by atoms with Gasteiger partial charge in [0.25, 0.3) is 0 Å². The zero-order valence-corrected chi connectivity index (χ0v) is 17.9. The van der Waals surface area contributed by atoms with Crippen molar-refractivity contribution in [3.8, 4) is 5.69 Å². The molecule has 0 atom stereocenters. The molecular weight excluding hydrogens is 414 g/mol. The largest absolute Gasteiger partial charge is 0.382 e. The molecule has 9 heteroatoms. The van der Waals surface area contributed by atoms with Gasteiger partial charge in [-0.05, 0) is 55.7 Å². The topological polar surface area (TPSA) is 67.2 Å². The quantitative estimate of drug-likeness (QED) is 0.589. The fourth-order valence-corrected chi connectivity index (χ4v) is 4.37. The molecule has 1 aliphatic heterocycles. The van der Waals surface area contributed by atoms with Crippen molar-refractivity contribution in [3.63, 3.8) is 0 Å². The van der Waals surface area contributed by atoms with Crippen molar-refractivity contribution in [1.82, 2.24) is 19.7 Å². The summed E-state index contributed by atoms with van der Waals surface area (Å²) in [7, 11) is 0. The molecule has 3 aromatic rings. The van der Waals surface area contributed by atoms with Crippen LogP contribution in [0.1, 0.15) is 21.3 Å². The zero-order valence-electron chi connectivity index (χ0n) is 17.9. The van der Waals surface area contributed by atoms with Crippen molar-refractivity contribution < 1.29 is 16.4 Å². The second kappa shape index (κ2) is 8.84. The Balaban J connectivity index is 0.00000162. The number of nitrogens with one attached hydrogen (secondary N) is 2. The summed E-state index contributed by atoms with van der Waals surface area (Å²) < 4.78 is 33.8. The van der Waals surface area contributed by atoms with Crippen LogP contribution in [-0.2, 0) is 4.74 Å². The number of hydrogen-bond donors (Lipinski definition) is 2. The van der Waals surface area contributed by atoms with Crippen molar-refractivity contribution in [2.75, 3.05) is 36.9 Å². The van der Waals surface area contributed by atoms with Crippen LogP contribution in [0.3, 0.4) is 0 Å². The van der Waals surface area contributed by atoms with E-state index >= 15 is 0 Å². The Morgan fingerprint density at radius 3 is 2.47 bits per heavy atom. The van der Waals surface area contributed by atoms with Gasteiger partial charge in [0.1, 0.15) is 18.0 Å². The van der Waals surface area contributed by atoms with Gasteiger partial charge < -0.3 is 15.4 Å². The van der Waals surface area contributed by atoms with E-state index in [0.717, 1.165) is 62.1 Å². The van der Waals surface area contributed by atoms with Crippen molar-refractivity contribution >= 4 is 17.3 Å². The van der Waals surface area contributed by atoms with Gasteiger partial charge in [-0.15, -0.1) is 5.10 Å². The van der Waals surface area contributed by atoms with Gasteiger partial charge in [-0.3, -0.25) is 4.90 Å². The lowest BCUT2D eigenvalue weighted by atomic mass is 9.85. The summed E-state index contributed by atoms with van der Waals surface area (Å²) in [5, 5.41) is 11.1. The van der Waals surface area contributed by atoms with E-state index in [4.69, 9.17) is 4.74 Å². The maximum atomic E-state index is 13.5. The van der Waals surface area contributed by atoms with Gasteiger partial charge >= 0.3 is 0 Å². The Morgan fingerprint density at radius 2 is 1.72 bits per heavy atom. The minimum Gasteiger partial charge on any atom is -0.382 e. The van der Waals surface area contributed by atoms with Crippen molar-refractivity contribution in [2.45, 2.75) is 31.8 Å². The fraction of sp³-hybridized carbons (Fsp3) is 0.391. The fourth-order valence-electron chi connectivity index (χ4n) is 4.37. The Hall–Kier alpha value is -3.04. The molecule has 0 unspecified atom stereocenters. The van der Waals surface area contributed by atoms with Crippen LogP contribution < -0.4 is 10.6 Å². The molecule has 32 heavy (non-hydrogen) atoms. The van der Waals surface area contributed by atoms with E-state index in [2.05, 4.69) is 31.7 Å². The molecule has 0 radical (unpaired) electrons. The molecule has 0 spiro atoms. The van der Waals surface area contributed by atoms with Crippen LogP contribution in [0.5, 0.6) is 0 Å². The van der Waals surface area contributed by atoms with E-state index in [1.165, 1.54) is 23.1 Å². The standard InChI is InChI=1S/C23H26F2N6O.2H2/c1-15-6-18(27-20-12-21(13-20)30-2-4-32-5-3-30)11-19(7-15)28-23-26-14-31(29-23)22-9-16(24)8-17(25)10-22;;/h6-11,14,20-21,27H,2-5,12-13H2,1H3,(H,28,29);2*1H. The first-order chi connectivity index (χ1) is 15.5. The van der Waals surface area contributed by atoms with Gasteiger partial charge in [0.05, 0.1) is 18.9 Å². The number of halogens is 2. The number of nitrogens with zero attached hydrogens (tertiary/aromatic N) is 4. The maximum absolute atomic E-state index is 13.5. The lowest BCUT2D eigenvalue weighted by Gasteiger charge is -2.45. The van der Waals surface area contributed by atoms with Gasteiger partial charge in [0.15, 0.2) is 0 Å². The number of ether oxygens (including phenoxy) is 1. The highest BCUT2D eigenvalue weighted by Gasteiger charge is 2.34. The first-order valence-electron chi connectivity index (χ1n) is 10.9. The summed E-state index contributed by atoms with van der Waals surface area (Å²) in [6, 6.07) is 10.5. The molecule has 7 nitrogen and oxygen atoms in total. The Kier molecular flexibility index (Phi) is 5.75. The highest BCUT2D eigenvalue weighted by molar-refractivity contribution is 5.63. The van der Waals surface area contributed by atoms with Crippen molar-refractivity contribution in [3.05, 3.63) is 59.9 Å². The number of aryl methyl sites for hydroxylation is 1. The lowest BCUT2D eigenvalue weighted by Crippen LogP contribution is -2.53. The first kappa shape index (κ1) is 20.8. The predicted molar refractivity (Wildman–Crippen MR) is 123 cm³/mol. The van der Waals surface area contributed by atoms with Crippen LogP contribution in [0.2, 0.25) is 0 Å². The molecule has 0 amide bonds. The number of morpholine rings is 1. The molecule has 2 aliphatic rings. The molecule has 1 saturated carbocycles. The van der Waals surface area contributed by atoms with Crippen LogP contribution >= 0.6 is 0 Å². The molecule has 1 aromatic heterocycles. The van der Waals surface area contributed by atoms with Gasteiger partial charge in [-0.25, -0.2) is 13.5 Å². The number of rotatable bonds is 6. The zero-order chi connectivity index (χ0) is 22.1. The van der Waals surface area contributed by atoms with Crippen molar-refractivity contribution in [2.24, 2.45) is 0 Å². The van der Waals surface area contributed by atoms with E-state index in [1.54, 1.807) is 0 Å². The van der Waals surface area contributed by atoms with Crippen LogP contribution in [0.4, 0.5) is 26.1 Å². The summed E-state index contributed by atoms with van der Waals surface area (Å²) in [4.78, 5) is 6.74. The van der Waals surface area contributed by atoms with E-state index < -0.39 is 11.6 Å². The molecule has 5 rings (SSSR count). The molecule has 1 aliphatic carbocycles. The van der Waals surface area contributed by atoms with Crippen LogP contribution in [0, 0.1) is 18.6 Å². The minimum absolute atomic E-state index is 0. The van der Waals surface area contributed by atoms with E-state index in [1.807, 2.05) is 19.1 Å². The highest BCUT2D eigenvalue weighted by atomic mass is 19.1. The molecule has 1 saturated heterocycles. The molecular formula is C23H30F2N6O. The monoisotopic (exact) mass is 444 g/mol. The third-order valence-electron chi connectivity index (χ3n) is 5.98. The molecule has 2 heterocycles. The molecule has 172 valence electrons. The van der Waals surface area contributed by atoms with Crippen molar-refractivity contribution in [1.29, 1.82) is 0 Å². The Morgan fingerprint density at radius 1 is 1.00 bits per heavy atom. The minimum atomic E-state index is -0.661. The smallest absolute Gasteiger partial charge is 0.246 e. The molecule has 0 bridgehead atoms. The number of hydrogen-bond acceptors (Lipinski definition) is 6. The van der Waals surface area contributed by atoms with Crippen LogP contribution in [-0.4, -0.2) is 58.1 Å². The van der Waals surface area contributed by atoms with Gasteiger partial charge in [-0.2, -0.15) is 4.98 Å². The highest BCUT2D eigenvalue weighted by Crippen LogP contribution is 2.30. The van der Waals surface area contributed by atoms with E-state index in [0.29, 0.717) is 18.0 Å². The summed E-state index contributed by atoms with van der Waals surface area (Å²) in [5.41, 5.74) is 3.27. The number of benzene rings is 2. The Labute approximate surface area is 188 Å². The number of aromatic nitrogens is 3. The van der Waals surface area contributed by atoms with Crippen LogP contribution in [0.25, 0.3) is 5.69 Å². The van der Waals surface area contributed by atoms with Gasteiger partial charge in [-0.1, -0.05) is 0 Å². The lowest BCUT2D eigenvalue weighted by molar-refractivity contribution is -0.00436. The van der Waals surface area contributed by atoms with Gasteiger partial charge in [0, 0.05) is 45.5 Å². The second-order valence-electron chi connectivity index (χ2n) is 8.47. The van der Waals surface area contributed by atoms with Crippen LogP contribution in [0.15, 0.2) is 42.7 Å². The summed E-state index contributed by atoms with van der Waals surface area (Å²) in [6.45, 7) is 5.75.